The first-order chi connectivity index (χ1) is 12.6. The van der Waals surface area contributed by atoms with Crippen LogP contribution in [0.2, 0.25) is 0 Å². The van der Waals surface area contributed by atoms with E-state index in [1.807, 2.05) is 36.4 Å². The fraction of sp³-hybridized carbons (Fsp3) is 0.182. The highest BCUT2D eigenvalue weighted by molar-refractivity contribution is 5.83. The van der Waals surface area contributed by atoms with Gasteiger partial charge in [0.25, 0.3) is 0 Å². The molecule has 2 unspecified atom stereocenters. The summed E-state index contributed by atoms with van der Waals surface area (Å²) in [5, 5.41) is 21.3. The maximum atomic E-state index is 13.4. The van der Waals surface area contributed by atoms with E-state index in [1.54, 1.807) is 12.1 Å². The molecule has 2 N–H and O–H groups in total. The van der Waals surface area contributed by atoms with E-state index in [0.717, 1.165) is 21.9 Å². The molecular weight excluding hydrogens is 331 g/mol. The molecule has 0 amide bonds. The van der Waals surface area contributed by atoms with Gasteiger partial charge in [-0.15, -0.1) is 6.58 Å². The number of hydrogen-bond donors (Lipinski definition) is 2. The number of rotatable bonds is 7. The summed E-state index contributed by atoms with van der Waals surface area (Å²) in [6.45, 7) is 3.71. The molecule has 4 heteroatoms. The molecule has 3 nitrogen and oxygen atoms in total. The molecule has 0 aromatic heterocycles. The quantitative estimate of drug-likeness (QED) is 0.627. The zero-order chi connectivity index (χ0) is 18.5. The Bertz CT molecular complexity index is 907. The largest absolute Gasteiger partial charge is 0.489 e. The lowest BCUT2D eigenvalue weighted by atomic mass is 9.94. The van der Waals surface area contributed by atoms with Crippen molar-refractivity contribution in [2.75, 3.05) is 6.61 Å². The van der Waals surface area contributed by atoms with Gasteiger partial charge >= 0.3 is 0 Å². The molecule has 3 aromatic rings. The topological polar surface area (TPSA) is 49.7 Å². The summed E-state index contributed by atoms with van der Waals surface area (Å²) in [5.74, 6) is -0.0738. The van der Waals surface area contributed by atoms with E-state index in [2.05, 4.69) is 6.58 Å². The minimum Gasteiger partial charge on any atom is -0.489 e. The van der Waals surface area contributed by atoms with Crippen molar-refractivity contribution in [3.8, 4) is 5.75 Å². The molecule has 26 heavy (non-hydrogen) atoms. The predicted molar refractivity (Wildman–Crippen MR) is 101 cm³/mol. The van der Waals surface area contributed by atoms with Crippen molar-refractivity contribution >= 4 is 10.8 Å². The van der Waals surface area contributed by atoms with Crippen LogP contribution in [0.15, 0.2) is 73.3 Å². The molecule has 0 aliphatic rings. The van der Waals surface area contributed by atoms with Crippen LogP contribution >= 0.6 is 0 Å². The maximum Gasteiger partial charge on any atom is 0.123 e. The van der Waals surface area contributed by atoms with Gasteiger partial charge in [0, 0.05) is 5.92 Å². The third-order valence-corrected chi connectivity index (χ3v) is 4.41. The molecule has 0 aliphatic heterocycles. The smallest absolute Gasteiger partial charge is 0.123 e. The van der Waals surface area contributed by atoms with E-state index in [-0.39, 0.29) is 12.4 Å². The number of fused-ring (bicyclic) bond motifs is 1. The van der Waals surface area contributed by atoms with Crippen molar-refractivity contribution in [1.29, 1.82) is 0 Å². The van der Waals surface area contributed by atoms with E-state index in [9.17, 15) is 14.6 Å². The average Bonchev–Trinajstić information content (AvgIpc) is 2.66. The number of hydrogen-bond acceptors (Lipinski definition) is 3. The third-order valence-electron chi connectivity index (χ3n) is 4.41. The summed E-state index contributed by atoms with van der Waals surface area (Å²) in [4.78, 5) is 0. The summed E-state index contributed by atoms with van der Waals surface area (Å²) in [7, 11) is 0. The first kappa shape index (κ1) is 18.1. The van der Waals surface area contributed by atoms with E-state index in [4.69, 9.17) is 4.74 Å². The summed E-state index contributed by atoms with van der Waals surface area (Å²) in [6.07, 6.45) is 0.577. The van der Waals surface area contributed by atoms with Crippen LogP contribution in [0, 0.1) is 5.82 Å². The Kier molecular flexibility index (Phi) is 5.66. The van der Waals surface area contributed by atoms with Gasteiger partial charge in [-0.1, -0.05) is 36.4 Å². The average molecular weight is 352 g/mol. The summed E-state index contributed by atoms with van der Waals surface area (Å²) >= 11 is 0. The highest BCUT2D eigenvalue weighted by Gasteiger charge is 2.18. The first-order valence-electron chi connectivity index (χ1n) is 8.43. The second kappa shape index (κ2) is 8.13. The fourth-order valence-corrected chi connectivity index (χ4v) is 2.93. The molecule has 0 bridgehead atoms. The van der Waals surface area contributed by atoms with Gasteiger partial charge in [-0.2, -0.15) is 0 Å². The summed E-state index contributed by atoms with van der Waals surface area (Å²) in [6, 6.07) is 17.7. The van der Waals surface area contributed by atoms with Crippen molar-refractivity contribution in [2.45, 2.75) is 18.6 Å². The SMILES string of the molecule is C=CC(O)C(CO)c1cccc(OCc2ccc3ccc(F)cc3c2)c1. The van der Waals surface area contributed by atoms with Crippen LogP contribution in [0.25, 0.3) is 10.8 Å². The van der Waals surface area contributed by atoms with Gasteiger partial charge in [-0.05, 0) is 52.2 Å². The zero-order valence-corrected chi connectivity index (χ0v) is 14.3. The van der Waals surface area contributed by atoms with E-state index >= 15 is 0 Å². The normalized spacial score (nSPS) is 13.3. The lowest BCUT2D eigenvalue weighted by molar-refractivity contribution is 0.142. The van der Waals surface area contributed by atoms with Gasteiger partial charge in [0.1, 0.15) is 18.2 Å². The highest BCUT2D eigenvalue weighted by Crippen LogP contribution is 2.25. The monoisotopic (exact) mass is 352 g/mol. The molecule has 0 fully saturated rings. The van der Waals surface area contributed by atoms with Gasteiger partial charge in [-0.25, -0.2) is 4.39 Å². The minimum absolute atomic E-state index is 0.188. The molecule has 2 atom stereocenters. The molecule has 0 radical (unpaired) electrons. The summed E-state index contributed by atoms with van der Waals surface area (Å²) in [5.41, 5.74) is 1.70. The molecular formula is C22H21FO3. The van der Waals surface area contributed by atoms with Crippen molar-refractivity contribution in [3.63, 3.8) is 0 Å². The number of aliphatic hydroxyl groups excluding tert-OH is 2. The van der Waals surface area contributed by atoms with Crippen LogP contribution in [0.3, 0.4) is 0 Å². The molecule has 0 spiro atoms. The van der Waals surface area contributed by atoms with Crippen molar-refractivity contribution in [2.24, 2.45) is 0 Å². The third kappa shape index (κ3) is 4.10. The number of halogens is 1. The lowest BCUT2D eigenvalue weighted by Crippen LogP contribution is -2.19. The molecule has 0 aliphatic carbocycles. The number of benzene rings is 3. The zero-order valence-electron chi connectivity index (χ0n) is 14.3. The highest BCUT2D eigenvalue weighted by atomic mass is 19.1. The van der Waals surface area contributed by atoms with Gasteiger partial charge in [0.15, 0.2) is 0 Å². The fourth-order valence-electron chi connectivity index (χ4n) is 2.93. The van der Waals surface area contributed by atoms with Crippen molar-refractivity contribution < 1.29 is 19.3 Å². The van der Waals surface area contributed by atoms with Crippen LogP contribution < -0.4 is 4.74 Å². The molecule has 0 heterocycles. The minimum atomic E-state index is -0.828. The van der Waals surface area contributed by atoms with Crippen LogP contribution in [-0.4, -0.2) is 22.9 Å². The maximum absolute atomic E-state index is 13.4. The Morgan fingerprint density at radius 2 is 1.85 bits per heavy atom. The van der Waals surface area contributed by atoms with Crippen LogP contribution in [0.5, 0.6) is 5.75 Å². The Hall–Kier alpha value is -2.69. The molecule has 0 saturated heterocycles. The van der Waals surface area contributed by atoms with Gasteiger partial charge in [0.05, 0.1) is 12.7 Å². The van der Waals surface area contributed by atoms with Crippen molar-refractivity contribution in [3.05, 3.63) is 90.3 Å². The second-order valence-corrected chi connectivity index (χ2v) is 6.20. The Labute approximate surface area is 152 Å². The van der Waals surface area contributed by atoms with Crippen LogP contribution in [0.1, 0.15) is 17.0 Å². The number of ether oxygens (including phenoxy) is 1. The van der Waals surface area contributed by atoms with E-state index in [1.165, 1.54) is 18.2 Å². The first-order valence-corrected chi connectivity index (χ1v) is 8.43. The molecule has 134 valence electrons. The lowest BCUT2D eigenvalue weighted by Gasteiger charge is -2.19. The van der Waals surface area contributed by atoms with Crippen molar-refractivity contribution in [1.82, 2.24) is 0 Å². The predicted octanol–water partition coefficient (Wildman–Crippen LogP) is 4.18. The van der Waals surface area contributed by atoms with Gasteiger partial charge < -0.3 is 14.9 Å². The van der Waals surface area contributed by atoms with Crippen LogP contribution in [0.4, 0.5) is 4.39 Å². The molecule has 3 aromatic carbocycles. The standard InChI is InChI=1S/C22H21FO3/c1-2-22(25)21(13-24)17-4-3-5-20(12-17)26-14-15-6-7-16-8-9-19(23)11-18(16)10-15/h2-12,21-22,24-25H,1,13-14H2. The second-order valence-electron chi connectivity index (χ2n) is 6.20. The summed E-state index contributed by atoms with van der Waals surface area (Å²) < 4.78 is 19.2. The Balaban J connectivity index is 1.75. The van der Waals surface area contributed by atoms with E-state index in [0.29, 0.717) is 12.4 Å². The molecule has 3 rings (SSSR count). The Morgan fingerprint density at radius 1 is 1.04 bits per heavy atom. The van der Waals surface area contributed by atoms with E-state index < -0.39 is 12.0 Å². The number of aliphatic hydroxyl groups is 2. The van der Waals surface area contributed by atoms with Crippen LogP contribution in [-0.2, 0) is 6.61 Å². The van der Waals surface area contributed by atoms with Gasteiger partial charge in [-0.3, -0.25) is 0 Å². The Morgan fingerprint density at radius 3 is 2.62 bits per heavy atom. The van der Waals surface area contributed by atoms with Gasteiger partial charge in [0.2, 0.25) is 0 Å². The molecule has 0 saturated carbocycles.